The van der Waals surface area contributed by atoms with E-state index in [-0.39, 0.29) is 12.0 Å². The number of nitrogens with one attached hydrogen (secondary N) is 2. The molecular formula is C15H18N2O4. The Bertz CT molecular complexity index is 681. The minimum absolute atomic E-state index is 0.0164. The van der Waals surface area contributed by atoms with Gasteiger partial charge in [-0.1, -0.05) is 12.1 Å². The van der Waals surface area contributed by atoms with Crippen LogP contribution < -0.4 is 10.6 Å². The Morgan fingerprint density at radius 3 is 2.81 bits per heavy atom. The van der Waals surface area contributed by atoms with Crippen molar-refractivity contribution in [3.8, 4) is 0 Å². The normalized spacial score (nSPS) is 16.3. The van der Waals surface area contributed by atoms with Gasteiger partial charge in [0.25, 0.3) is 5.91 Å². The third kappa shape index (κ3) is 4.05. The minimum Gasteiger partial charge on any atom is -0.444 e. The first kappa shape index (κ1) is 12.4. The smallest absolute Gasteiger partial charge is 0.407 e. The lowest BCUT2D eigenvalue weighted by Crippen LogP contribution is -2.37. The molecule has 1 aromatic rings. The van der Waals surface area contributed by atoms with Crippen molar-refractivity contribution in [1.29, 1.82) is 0 Å². The van der Waals surface area contributed by atoms with Crippen LogP contribution in [0, 0.1) is 0 Å². The van der Waals surface area contributed by atoms with Gasteiger partial charge in [-0.05, 0) is 38.0 Å². The molecule has 0 radical (unpaired) electrons. The SMILES string of the molecule is [2H]C([2H])(NC(=O)OC(C)(C)C)c1ccc2c(c1)CC(=O)NC2=O. The molecule has 0 atom stereocenters. The van der Waals surface area contributed by atoms with E-state index < -0.39 is 30.0 Å². The Balaban J connectivity index is 2.23. The maximum atomic E-state index is 11.7. The number of hydrogen-bond acceptors (Lipinski definition) is 4. The van der Waals surface area contributed by atoms with Gasteiger partial charge < -0.3 is 10.1 Å². The highest BCUT2D eigenvalue weighted by molar-refractivity contribution is 6.09. The average molecular weight is 292 g/mol. The van der Waals surface area contributed by atoms with Crippen LogP contribution in [0.15, 0.2) is 18.2 Å². The predicted molar refractivity (Wildman–Crippen MR) is 75.7 cm³/mol. The monoisotopic (exact) mass is 292 g/mol. The topological polar surface area (TPSA) is 84.5 Å². The van der Waals surface area contributed by atoms with Crippen LogP contribution in [0.4, 0.5) is 4.79 Å². The number of amides is 3. The Morgan fingerprint density at radius 1 is 1.43 bits per heavy atom. The summed E-state index contributed by atoms with van der Waals surface area (Å²) in [4.78, 5) is 34.8. The number of carbonyl (C=O) groups excluding carboxylic acids is 3. The van der Waals surface area contributed by atoms with E-state index in [9.17, 15) is 14.4 Å². The number of alkyl carbamates (subject to hydrolysis) is 1. The molecule has 6 heteroatoms. The summed E-state index contributed by atoms with van der Waals surface area (Å²) < 4.78 is 21.0. The van der Waals surface area contributed by atoms with Gasteiger partial charge in [0.1, 0.15) is 5.60 Å². The third-order valence-corrected chi connectivity index (χ3v) is 2.66. The van der Waals surface area contributed by atoms with Crippen LogP contribution in [-0.4, -0.2) is 23.5 Å². The van der Waals surface area contributed by atoms with Crippen LogP contribution in [0.5, 0.6) is 0 Å². The molecule has 3 amide bonds. The highest BCUT2D eigenvalue weighted by Gasteiger charge is 2.22. The van der Waals surface area contributed by atoms with Crippen molar-refractivity contribution < 1.29 is 21.9 Å². The van der Waals surface area contributed by atoms with Crippen molar-refractivity contribution in [2.75, 3.05) is 0 Å². The summed E-state index contributed by atoms with van der Waals surface area (Å²) in [6.45, 7) is 2.82. The molecule has 1 heterocycles. The van der Waals surface area contributed by atoms with E-state index >= 15 is 0 Å². The molecular weight excluding hydrogens is 272 g/mol. The van der Waals surface area contributed by atoms with Gasteiger partial charge in [0.15, 0.2) is 0 Å². The van der Waals surface area contributed by atoms with Crippen molar-refractivity contribution in [3.05, 3.63) is 34.9 Å². The zero-order chi connectivity index (χ0) is 17.4. The summed E-state index contributed by atoms with van der Waals surface area (Å²) in [7, 11) is 0. The molecule has 2 rings (SSSR count). The second-order valence-corrected chi connectivity index (χ2v) is 5.68. The van der Waals surface area contributed by atoms with Crippen LogP contribution >= 0.6 is 0 Å². The van der Waals surface area contributed by atoms with Crippen LogP contribution in [0.3, 0.4) is 0 Å². The zero-order valence-corrected chi connectivity index (χ0v) is 12.1. The van der Waals surface area contributed by atoms with E-state index in [1.165, 1.54) is 18.2 Å². The van der Waals surface area contributed by atoms with E-state index in [2.05, 4.69) is 10.6 Å². The Kier molecular flexibility index (Phi) is 3.27. The van der Waals surface area contributed by atoms with Gasteiger partial charge in [-0.15, -0.1) is 0 Å². The lowest BCUT2D eigenvalue weighted by molar-refractivity contribution is -0.119. The Labute approximate surface area is 125 Å². The zero-order valence-electron chi connectivity index (χ0n) is 14.1. The Hall–Kier alpha value is -2.37. The molecule has 0 saturated carbocycles. The molecule has 1 aromatic carbocycles. The fraction of sp³-hybridized carbons (Fsp3) is 0.400. The summed E-state index contributed by atoms with van der Waals surface area (Å²) in [5.41, 5.74) is 0.123. The number of imide groups is 1. The number of carbonyl (C=O) groups is 3. The second kappa shape index (κ2) is 5.55. The molecule has 1 aliphatic rings. The molecule has 0 unspecified atom stereocenters. The fourth-order valence-corrected chi connectivity index (χ4v) is 1.88. The van der Waals surface area contributed by atoms with Gasteiger partial charge in [-0.25, -0.2) is 4.79 Å². The molecule has 0 aliphatic carbocycles. The summed E-state index contributed by atoms with van der Waals surface area (Å²) in [5.74, 6) is -0.955. The van der Waals surface area contributed by atoms with Crippen molar-refractivity contribution in [3.63, 3.8) is 0 Å². The quantitative estimate of drug-likeness (QED) is 0.809. The van der Waals surface area contributed by atoms with Gasteiger partial charge in [0, 0.05) is 12.1 Å². The standard InChI is InChI=1S/C15H18N2O4/c1-15(2,3)21-14(20)16-8-9-4-5-11-10(6-9)7-12(18)17-13(11)19/h4-6H,7-8H2,1-3H3,(H,16,20)(H,17,18,19)/i8D2. The number of rotatable bonds is 2. The van der Waals surface area contributed by atoms with Crippen LogP contribution in [0.2, 0.25) is 0 Å². The van der Waals surface area contributed by atoms with Gasteiger partial charge in [0.05, 0.1) is 9.16 Å². The van der Waals surface area contributed by atoms with E-state index in [1.807, 2.05) is 0 Å². The second-order valence-electron chi connectivity index (χ2n) is 5.68. The van der Waals surface area contributed by atoms with E-state index in [0.717, 1.165) is 0 Å². The number of ether oxygens (including phenoxy) is 1. The molecule has 6 nitrogen and oxygen atoms in total. The predicted octanol–water partition coefficient (Wildman–Crippen LogP) is 1.52. The van der Waals surface area contributed by atoms with Crippen LogP contribution in [0.1, 0.15) is 45.0 Å². The van der Waals surface area contributed by atoms with Gasteiger partial charge in [-0.2, -0.15) is 0 Å². The third-order valence-electron chi connectivity index (χ3n) is 2.66. The molecule has 21 heavy (non-hydrogen) atoms. The summed E-state index contributed by atoms with van der Waals surface area (Å²) in [6.07, 6.45) is -0.911. The average Bonchev–Trinajstić information content (AvgIpc) is 2.34. The minimum atomic E-state index is -2.20. The largest absolute Gasteiger partial charge is 0.444 e. The van der Waals surface area contributed by atoms with Crippen LogP contribution in [-0.2, 0) is 22.4 Å². The number of hydrogen-bond donors (Lipinski definition) is 2. The molecule has 0 spiro atoms. The molecule has 0 aromatic heterocycles. The van der Waals surface area contributed by atoms with Crippen molar-refractivity contribution in [1.82, 2.24) is 10.6 Å². The lowest BCUT2D eigenvalue weighted by atomic mass is 9.97. The number of fused-ring (bicyclic) bond motifs is 1. The summed E-state index contributed by atoms with van der Waals surface area (Å²) in [6, 6.07) is 4.23. The highest BCUT2D eigenvalue weighted by atomic mass is 16.6. The van der Waals surface area contributed by atoms with Crippen molar-refractivity contribution in [2.45, 2.75) is 39.3 Å². The first-order valence-electron chi connectivity index (χ1n) is 7.47. The van der Waals surface area contributed by atoms with E-state index in [4.69, 9.17) is 7.48 Å². The van der Waals surface area contributed by atoms with E-state index in [0.29, 0.717) is 11.1 Å². The first-order valence-corrected chi connectivity index (χ1v) is 6.47. The van der Waals surface area contributed by atoms with Crippen molar-refractivity contribution >= 4 is 17.9 Å². The van der Waals surface area contributed by atoms with Gasteiger partial charge >= 0.3 is 6.09 Å². The fourth-order valence-electron chi connectivity index (χ4n) is 1.88. The van der Waals surface area contributed by atoms with Gasteiger partial charge in [-0.3, -0.25) is 14.9 Å². The summed E-state index contributed by atoms with van der Waals surface area (Å²) in [5, 5.41) is 4.34. The van der Waals surface area contributed by atoms with E-state index in [1.54, 1.807) is 20.8 Å². The molecule has 0 bridgehead atoms. The molecule has 2 N–H and O–H groups in total. The maximum Gasteiger partial charge on any atom is 0.407 e. The number of benzene rings is 1. The molecule has 0 fully saturated rings. The summed E-state index contributed by atoms with van der Waals surface area (Å²) >= 11 is 0. The molecule has 0 saturated heterocycles. The lowest BCUT2D eigenvalue weighted by Gasteiger charge is -2.20. The molecule has 112 valence electrons. The highest BCUT2D eigenvalue weighted by Crippen LogP contribution is 2.16. The Morgan fingerprint density at radius 2 is 2.14 bits per heavy atom. The van der Waals surface area contributed by atoms with Gasteiger partial charge in [0.2, 0.25) is 5.91 Å². The molecule has 1 aliphatic heterocycles. The van der Waals surface area contributed by atoms with Crippen molar-refractivity contribution in [2.24, 2.45) is 0 Å². The van der Waals surface area contributed by atoms with Crippen LogP contribution in [0.25, 0.3) is 0 Å². The maximum absolute atomic E-state index is 11.7. The first-order chi connectivity index (χ1) is 10.5.